The van der Waals surface area contributed by atoms with Crippen LogP contribution in [-0.2, 0) is 4.79 Å². The maximum atomic E-state index is 11.4. The van der Waals surface area contributed by atoms with Crippen LogP contribution in [0.2, 0.25) is 0 Å². The van der Waals surface area contributed by atoms with Crippen LogP contribution in [0.4, 0.5) is 0 Å². The average Bonchev–Trinajstić information content (AvgIpc) is 2.65. The summed E-state index contributed by atoms with van der Waals surface area (Å²) in [5, 5.41) is 0. The van der Waals surface area contributed by atoms with E-state index in [4.69, 9.17) is 0 Å². The largest absolute Gasteiger partial charge is 0.334 e. The lowest BCUT2D eigenvalue weighted by Gasteiger charge is -2.22. The van der Waals surface area contributed by atoms with Gasteiger partial charge < -0.3 is 4.90 Å². The summed E-state index contributed by atoms with van der Waals surface area (Å²) in [5.41, 5.74) is 2.05. The predicted octanol–water partition coefficient (Wildman–Crippen LogP) is 2.07. The standard InChI is InChI=1S/C12H16N2O/c1-9-5-3-6-11(13-9)12-7-4-8-14(12)10(2)15/h3,5-6,12H,4,7-8H2,1-2H3/t12-/m1/s1. The molecular weight excluding hydrogens is 188 g/mol. The van der Waals surface area contributed by atoms with Gasteiger partial charge in [-0.25, -0.2) is 0 Å². The van der Waals surface area contributed by atoms with Crippen LogP contribution in [0.5, 0.6) is 0 Å². The first kappa shape index (κ1) is 10.1. The molecule has 3 heteroatoms. The SMILES string of the molecule is CC(=O)N1CCC[C@@H]1c1cccc(C)n1. The molecule has 1 aliphatic rings. The van der Waals surface area contributed by atoms with Crippen LogP contribution in [0.25, 0.3) is 0 Å². The van der Waals surface area contributed by atoms with Crippen molar-refractivity contribution >= 4 is 5.91 Å². The lowest BCUT2D eigenvalue weighted by atomic mass is 10.1. The smallest absolute Gasteiger partial charge is 0.220 e. The summed E-state index contributed by atoms with van der Waals surface area (Å²) in [5.74, 6) is 0.154. The Morgan fingerprint density at radius 3 is 3.00 bits per heavy atom. The molecular formula is C12H16N2O. The zero-order chi connectivity index (χ0) is 10.8. The Hall–Kier alpha value is -1.38. The Morgan fingerprint density at radius 1 is 1.53 bits per heavy atom. The third-order valence-electron chi connectivity index (χ3n) is 2.91. The molecule has 0 spiro atoms. The van der Waals surface area contributed by atoms with E-state index in [1.165, 1.54) is 0 Å². The number of likely N-dealkylation sites (tertiary alicyclic amines) is 1. The van der Waals surface area contributed by atoms with Crippen molar-refractivity contribution in [1.82, 2.24) is 9.88 Å². The van der Waals surface area contributed by atoms with E-state index < -0.39 is 0 Å². The number of rotatable bonds is 1. The fourth-order valence-electron chi connectivity index (χ4n) is 2.20. The highest BCUT2D eigenvalue weighted by Gasteiger charge is 2.28. The Balaban J connectivity index is 2.26. The van der Waals surface area contributed by atoms with Crippen LogP contribution in [0.3, 0.4) is 0 Å². The van der Waals surface area contributed by atoms with Crippen LogP contribution >= 0.6 is 0 Å². The van der Waals surface area contributed by atoms with Crippen molar-refractivity contribution in [3.63, 3.8) is 0 Å². The molecule has 0 aromatic carbocycles. The lowest BCUT2D eigenvalue weighted by Crippen LogP contribution is -2.28. The summed E-state index contributed by atoms with van der Waals surface area (Å²) >= 11 is 0. The van der Waals surface area contributed by atoms with Gasteiger partial charge in [-0.2, -0.15) is 0 Å². The minimum Gasteiger partial charge on any atom is -0.334 e. The highest BCUT2D eigenvalue weighted by Crippen LogP contribution is 2.30. The van der Waals surface area contributed by atoms with E-state index in [0.717, 1.165) is 30.8 Å². The molecule has 0 unspecified atom stereocenters. The lowest BCUT2D eigenvalue weighted by molar-refractivity contribution is -0.129. The second-order valence-electron chi connectivity index (χ2n) is 4.07. The minimum absolute atomic E-state index is 0.154. The van der Waals surface area contributed by atoms with Gasteiger partial charge in [0, 0.05) is 19.2 Å². The molecule has 0 aliphatic carbocycles. The number of aromatic nitrogens is 1. The molecule has 1 aromatic heterocycles. The Morgan fingerprint density at radius 2 is 2.33 bits per heavy atom. The van der Waals surface area contributed by atoms with E-state index in [-0.39, 0.29) is 11.9 Å². The average molecular weight is 204 g/mol. The van der Waals surface area contributed by atoms with Gasteiger partial charge in [0.25, 0.3) is 0 Å². The van der Waals surface area contributed by atoms with Crippen LogP contribution in [0.15, 0.2) is 18.2 Å². The van der Waals surface area contributed by atoms with Crippen molar-refractivity contribution in [3.05, 3.63) is 29.6 Å². The van der Waals surface area contributed by atoms with Crippen LogP contribution < -0.4 is 0 Å². The molecule has 1 aromatic rings. The monoisotopic (exact) mass is 204 g/mol. The van der Waals surface area contributed by atoms with Crippen molar-refractivity contribution in [2.75, 3.05) is 6.54 Å². The zero-order valence-electron chi connectivity index (χ0n) is 9.23. The van der Waals surface area contributed by atoms with E-state index in [2.05, 4.69) is 4.98 Å². The van der Waals surface area contributed by atoms with Crippen LogP contribution in [0.1, 0.15) is 37.2 Å². The topological polar surface area (TPSA) is 33.2 Å². The van der Waals surface area contributed by atoms with E-state index in [0.29, 0.717) is 0 Å². The van der Waals surface area contributed by atoms with Gasteiger partial charge in [0.05, 0.1) is 11.7 Å². The van der Waals surface area contributed by atoms with Crippen molar-refractivity contribution in [2.45, 2.75) is 32.7 Å². The van der Waals surface area contributed by atoms with Crippen molar-refractivity contribution in [2.24, 2.45) is 0 Å². The van der Waals surface area contributed by atoms with E-state index in [1.807, 2.05) is 30.0 Å². The first-order valence-corrected chi connectivity index (χ1v) is 5.39. The molecule has 0 radical (unpaired) electrons. The third kappa shape index (κ3) is 2.01. The molecule has 0 saturated carbocycles. The Bertz CT molecular complexity index is 376. The van der Waals surface area contributed by atoms with Gasteiger partial charge in [-0.3, -0.25) is 9.78 Å². The van der Waals surface area contributed by atoms with E-state index >= 15 is 0 Å². The maximum Gasteiger partial charge on any atom is 0.220 e. The summed E-state index contributed by atoms with van der Waals surface area (Å²) in [6.45, 7) is 4.49. The highest BCUT2D eigenvalue weighted by molar-refractivity contribution is 5.74. The number of nitrogens with zero attached hydrogens (tertiary/aromatic N) is 2. The summed E-state index contributed by atoms with van der Waals surface area (Å²) in [6, 6.07) is 6.20. The molecule has 1 amide bonds. The first-order valence-electron chi connectivity index (χ1n) is 5.39. The third-order valence-corrected chi connectivity index (χ3v) is 2.91. The fourth-order valence-corrected chi connectivity index (χ4v) is 2.20. The summed E-state index contributed by atoms with van der Waals surface area (Å²) < 4.78 is 0. The number of carbonyl (C=O) groups is 1. The van der Waals surface area contributed by atoms with E-state index in [1.54, 1.807) is 6.92 Å². The molecule has 1 atom stereocenters. The molecule has 1 fully saturated rings. The van der Waals surface area contributed by atoms with Gasteiger partial charge in [0.15, 0.2) is 0 Å². The summed E-state index contributed by atoms with van der Waals surface area (Å²) in [7, 11) is 0. The van der Waals surface area contributed by atoms with Gasteiger partial charge in [0.1, 0.15) is 0 Å². The van der Waals surface area contributed by atoms with Crippen molar-refractivity contribution in [3.8, 4) is 0 Å². The zero-order valence-corrected chi connectivity index (χ0v) is 9.23. The molecule has 0 N–H and O–H groups in total. The van der Waals surface area contributed by atoms with Crippen molar-refractivity contribution in [1.29, 1.82) is 0 Å². The van der Waals surface area contributed by atoms with Crippen LogP contribution in [0, 0.1) is 6.92 Å². The molecule has 80 valence electrons. The molecule has 1 saturated heterocycles. The number of aryl methyl sites for hydroxylation is 1. The van der Waals surface area contributed by atoms with E-state index in [9.17, 15) is 4.79 Å². The number of carbonyl (C=O) groups excluding carboxylic acids is 1. The number of hydrogen-bond donors (Lipinski definition) is 0. The normalized spacial score (nSPS) is 20.7. The fraction of sp³-hybridized carbons (Fsp3) is 0.500. The number of hydrogen-bond acceptors (Lipinski definition) is 2. The number of pyridine rings is 1. The van der Waals surface area contributed by atoms with Gasteiger partial charge >= 0.3 is 0 Å². The minimum atomic E-state index is 0.154. The maximum absolute atomic E-state index is 11.4. The molecule has 15 heavy (non-hydrogen) atoms. The molecule has 1 aliphatic heterocycles. The van der Waals surface area contributed by atoms with Gasteiger partial charge in [-0.05, 0) is 31.9 Å². The second-order valence-corrected chi connectivity index (χ2v) is 4.07. The Kier molecular flexibility index (Phi) is 2.71. The first-order chi connectivity index (χ1) is 7.18. The molecule has 0 bridgehead atoms. The summed E-state index contributed by atoms with van der Waals surface area (Å²) in [6.07, 6.45) is 2.12. The number of amides is 1. The highest BCUT2D eigenvalue weighted by atomic mass is 16.2. The van der Waals surface area contributed by atoms with Gasteiger partial charge in [-0.15, -0.1) is 0 Å². The quantitative estimate of drug-likeness (QED) is 0.701. The van der Waals surface area contributed by atoms with Gasteiger partial charge in [0.2, 0.25) is 5.91 Å². The Labute approximate surface area is 90.1 Å². The second kappa shape index (κ2) is 4.01. The van der Waals surface area contributed by atoms with Gasteiger partial charge in [-0.1, -0.05) is 6.07 Å². The molecule has 3 nitrogen and oxygen atoms in total. The molecule has 2 rings (SSSR count). The predicted molar refractivity (Wildman–Crippen MR) is 58.3 cm³/mol. The molecule has 2 heterocycles. The van der Waals surface area contributed by atoms with Crippen molar-refractivity contribution < 1.29 is 4.79 Å². The summed E-state index contributed by atoms with van der Waals surface area (Å²) in [4.78, 5) is 17.8. The van der Waals surface area contributed by atoms with Crippen LogP contribution in [-0.4, -0.2) is 22.3 Å².